The smallest absolute Gasteiger partial charge is 0.239 e. The van der Waals surface area contributed by atoms with Crippen LogP contribution < -0.4 is 10.5 Å². The minimum atomic E-state index is -0.491. The molecule has 0 saturated carbocycles. The molecule has 0 spiro atoms. The predicted octanol–water partition coefficient (Wildman–Crippen LogP) is 1.91. The summed E-state index contributed by atoms with van der Waals surface area (Å²) in [4.78, 5) is 16.6. The van der Waals surface area contributed by atoms with Crippen molar-refractivity contribution in [2.75, 3.05) is 33.2 Å². The standard InChI is InChI=1S/C21H27N3O2/c1-23-11-13-24(14-12-23)21(25)20(22)15-17-7-9-19(10-8-17)26-16-18-5-3-2-4-6-18/h2-10,20H,11-16,22H2,1H3. The van der Waals surface area contributed by atoms with E-state index in [4.69, 9.17) is 10.5 Å². The lowest BCUT2D eigenvalue weighted by atomic mass is 10.0. The predicted molar refractivity (Wildman–Crippen MR) is 103 cm³/mol. The first-order valence-electron chi connectivity index (χ1n) is 9.10. The molecule has 1 saturated heterocycles. The van der Waals surface area contributed by atoms with Crippen molar-refractivity contribution in [2.45, 2.75) is 19.1 Å². The quantitative estimate of drug-likeness (QED) is 0.862. The number of hydrogen-bond acceptors (Lipinski definition) is 4. The fourth-order valence-corrected chi connectivity index (χ4v) is 3.07. The number of amides is 1. The van der Waals surface area contributed by atoms with E-state index >= 15 is 0 Å². The van der Waals surface area contributed by atoms with E-state index in [1.165, 1.54) is 0 Å². The third-order valence-electron chi connectivity index (χ3n) is 4.76. The van der Waals surface area contributed by atoms with Gasteiger partial charge in [0.15, 0.2) is 0 Å². The van der Waals surface area contributed by atoms with E-state index < -0.39 is 6.04 Å². The molecule has 26 heavy (non-hydrogen) atoms. The number of rotatable bonds is 6. The number of likely N-dealkylation sites (N-methyl/N-ethyl adjacent to an activating group) is 1. The molecule has 0 aromatic heterocycles. The number of piperazine rings is 1. The van der Waals surface area contributed by atoms with Gasteiger partial charge in [0.05, 0.1) is 6.04 Å². The minimum Gasteiger partial charge on any atom is -0.489 e. The van der Waals surface area contributed by atoms with Crippen LogP contribution in [-0.4, -0.2) is 55.0 Å². The SMILES string of the molecule is CN1CCN(C(=O)C(N)Cc2ccc(OCc3ccccc3)cc2)CC1. The van der Waals surface area contributed by atoms with Gasteiger partial charge in [-0.15, -0.1) is 0 Å². The normalized spacial score (nSPS) is 16.3. The van der Waals surface area contributed by atoms with Crippen molar-refractivity contribution in [3.63, 3.8) is 0 Å². The molecule has 0 bridgehead atoms. The molecule has 0 radical (unpaired) electrons. The first-order chi connectivity index (χ1) is 12.6. The summed E-state index contributed by atoms with van der Waals surface area (Å²) in [6.45, 7) is 3.88. The van der Waals surface area contributed by atoms with Crippen LogP contribution >= 0.6 is 0 Å². The summed E-state index contributed by atoms with van der Waals surface area (Å²) >= 11 is 0. The molecule has 3 rings (SSSR count). The van der Waals surface area contributed by atoms with Gasteiger partial charge in [0.1, 0.15) is 12.4 Å². The highest BCUT2D eigenvalue weighted by Gasteiger charge is 2.24. The van der Waals surface area contributed by atoms with E-state index in [9.17, 15) is 4.79 Å². The van der Waals surface area contributed by atoms with E-state index in [1.807, 2.05) is 59.5 Å². The molecule has 1 amide bonds. The highest BCUT2D eigenvalue weighted by molar-refractivity contribution is 5.82. The van der Waals surface area contributed by atoms with Gasteiger partial charge in [-0.3, -0.25) is 4.79 Å². The topological polar surface area (TPSA) is 58.8 Å². The van der Waals surface area contributed by atoms with Gasteiger partial charge in [0.2, 0.25) is 5.91 Å². The average molecular weight is 353 g/mol. The van der Waals surface area contributed by atoms with Gasteiger partial charge in [0, 0.05) is 26.2 Å². The van der Waals surface area contributed by atoms with E-state index in [-0.39, 0.29) is 5.91 Å². The lowest BCUT2D eigenvalue weighted by Gasteiger charge is -2.33. The first kappa shape index (κ1) is 18.4. The van der Waals surface area contributed by atoms with Gasteiger partial charge in [-0.2, -0.15) is 0 Å². The minimum absolute atomic E-state index is 0.0440. The van der Waals surface area contributed by atoms with Gasteiger partial charge in [-0.1, -0.05) is 42.5 Å². The van der Waals surface area contributed by atoms with Crippen LogP contribution in [0.4, 0.5) is 0 Å². The van der Waals surface area contributed by atoms with Crippen LogP contribution in [0.25, 0.3) is 0 Å². The largest absolute Gasteiger partial charge is 0.489 e. The molecule has 2 aromatic rings. The van der Waals surface area contributed by atoms with E-state index in [1.54, 1.807) is 0 Å². The zero-order valence-electron chi connectivity index (χ0n) is 15.3. The summed E-state index contributed by atoms with van der Waals surface area (Å²) in [6, 6.07) is 17.4. The molecule has 5 heteroatoms. The second kappa shape index (κ2) is 8.83. The number of nitrogens with zero attached hydrogens (tertiary/aromatic N) is 2. The van der Waals surface area contributed by atoms with Crippen LogP contribution in [0.3, 0.4) is 0 Å². The van der Waals surface area contributed by atoms with Gasteiger partial charge in [-0.05, 0) is 36.7 Å². The third-order valence-corrected chi connectivity index (χ3v) is 4.76. The fraction of sp³-hybridized carbons (Fsp3) is 0.381. The summed E-state index contributed by atoms with van der Waals surface area (Å²) in [5, 5.41) is 0. The summed E-state index contributed by atoms with van der Waals surface area (Å²) in [5.74, 6) is 0.860. The summed E-state index contributed by atoms with van der Waals surface area (Å²) in [7, 11) is 2.07. The second-order valence-corrected chi connectivity index (χ2v) is 6.86. The Bertz CT molecular complexity index is 695. The Labute approximate surface area is 155 Å². The number of ether oxygens (including phenoxy) is 1. The zero-order chi connectivity index (χ0) is 18.4. The van der Waals surface area contributed by atoms with Crippen molar-refractivity contribution >= 4 is 5.91 Å². The Morgan fingerprint density at radius 1 is 1.00 bits per heavy atom. The molecule has 138 valence electrons. The monoisotopic (exact) mass is 353 g/mol. The summed E-state index contributed by atoms with van der Waals surface area (Å²) in [5.41, 5.74) is 8.34. The van der Waals surface area contributed by atoms with Crippen molar-refractivity contribution in [2.24, 2.45) is 5.73 Å². The number of hydrogen-bond donors (Lipinski definition) is 1. The van der Waals surface area contributed by atoms with Crippen molar-refractivity contribution < 1.29 is 9.53 Å². The highest BCUT2D eigenvalue weighted by Crippen LogP contribution is 2.15. The first-order valence-corrected chi connectivity index (χ1v) is 9.10. The summed E-state index contributed by atoms with van der Waals surface area (Å²) < 4.78 is 5.79. The molecule has 1 unspecified atom stereocenters. The average Bonchev–Trinajstić information content (AvgIpc) is 2.68. The molecule has 1 heterocycles. The summed E-state index contributed by atoms with van der Waals surface area (Å²) in [6.07, 6.45) is 0.546. The molecule has 0 aliphatic carbocycles. The van der Waals surface area contributed by atoms with E-state index in [0.29, 0.717) is 13.0 Å². The molecule has 5 nitrogen and oxygen atoms in total. The number of carbonyl (C=O) groups is 1. The molecule has 1 atom stereocenters. The third kappa shape index (κ3) is 5.07. The Balaban J connectivity index is 1.49. The maximum absolute atomic E-state index is 12.5. The van der Waals surface area contributed by atoms with Gasteiger partial charge >= 0.3 is 0 Å². The molecule has 2 N–H and O–H groups in total. The van der Waals surface area contributed by atoms with Crippen LogP contribution in [0, 0.1) is 0 Å². The van der Waals surface area contributed by atoms with Gasteiger partial charge < -0.3 is 20.3 Å². The molecule has 1 aliphatic rings. The Kier molecular flexibility index (Phi) is 6.26. The molecule has 2 aromatic carbocycles. The second-order valence-electron chi connectivity index (χ2n) is 6.86. The van der Waals surface area contributed by atoms with Crippen LogP contribution in [0.5, 0.6) is 5.75 Å². The Morgan fingerprint density at radius 2 is 1.65 bits per heavy atom. The highest BCUT2D eigenvalue weighted by atomic mass is 16.5. The molecular formula is C21H27N3O2. The van der Waals surface area contributed by atoms with Crippen LogP contribution in [0.15, 0.2) is 54.6 Å². The van der Waals surface area contributed by atoms with Crippen LogP contribution in [0.2, 0.25) is 0 Å². The van der Waals surface area contributed by atoms with Gasteiger partial charge in [-0.25, -0.2) is 0 Å². The molecule has 1 aliphatic heterocycles. The van der Waals surface area contributed by atoms with Crippen LogP contribution in [-0.2, 0) is 17.8 Å². The van der Waals surface area contributed by atoms with E-state index in [0.717, 1.165) is 43.1 Å². The molecular weight excluding hydrogens is 326 g/mol. The Hall–Kier alpha value is -2.37. The lowest BCUT2D eigenvalue weighted by molar-refractivity contribution is -0.134. The van der Waals surface area contributed by atoms with Crippen molar-refractivity contribution in [1.82, 2.24) is 9.80 Å². The van der Waals surface area contributed by atoms with E-state index in [2.05, 4.69) is 11.9 Å². The number of carbonyl (C=O) groups excluding carboxylic acids is 1. The lowest BCUT2D eigenvalue weighted by Crippen LogP contribution is -2.52. The van der Waals surface area contributed by atoms with Crippen molar-refractivity contribution in [1.29, 1.82) is 0 Å². The number of nitrogens with two attached hydrogens (primary N) is 1. The zero-order valence-corrected chi connectivity index (χ0v) is 15.3. The Morgan fingerprint density at radius 3 is 2.31 bits per heavy atom. The number of benzene rings is 2. The maximum atomic E-state index is 12.5. The maximum Gasteiger partial charge on any atom is 0.239 e. The van der Waals surface area contributed by atoms with Crippen LogP contribution in [0.1, 0.15) is 11.1 Å². The van der Waals surface area contributed by atoms with Gasteiger partial charge in [0.25, 0.3) is 0 Å². The van der Waals surface area contributed by atoms with Crippen molar-refractivity contribution in [3.8, 4) is 5.75 Å². The fourth-order valence-electron chi connectivity index (χ4n) is 3.07. The van der Waals surface area contributed by atoms with Crippen molar-refractivity contribution in [3.05, 3.63) is 65.7 Å². The molecule has 1 fully saturated rings.